The van der Waals surface area contributed by atoms with Crippen molar-refractivity contribution in [2.45, 2.75) is 6.18 Å². The van der Waals surface area contributed by atoms with E-state index >= 15 is 0 Å². The van der Waals surface area contributed by atoms with Gasteiger partial charge >= 0.3 is 6.18 Å². The van der Waals surface area contributed by atoms with Crippen LogP contribution in [0.5, 0.6) is 5.88 Å². The molecule has 1 aromatic heterocycles. The normalized spacial score (nSPS) is 12.1. The molecule has 3 nitrogen and oxygen atoms in total. The summed E-state index contributed by atoms with van der Waals surface area (Å²) >= 11 is 2.58. The number of nitrogens with zero attached hydrogens (tertiary/aromatic N) is 2. The van der Waals surface area contributed by atoms with Crippen LogP contribution >= 0.6 is 15.9 Å². The van der Waals surface area contributed by atoms with Gasteiger partial charge in [0.2, 0.25) is 5.88 Å². The number of alkyl halides is 3. The van der Waals surface area contributed by atoms with E-state index in [2.05, 4.69) is 21.0 Å². The number of hydrogen-bond donors (Lipinski definition) is 1. The first-order chi connectivity index (χ1) is 5.34. The van der Waals surface area contributed by atoms with Crippen LogP contribution < -0.4 is 0 Å². The monoisotopic (exact) mass is 244 g/mol. The van der Waals surface area contributed by atoms with Crippen molar-refractivity contribution in [1.82, 2.24) is 9.78 Å². The van der Waals surface area contributed by atoms with E-state index in [0.29, 0.717) is 0 Å². The van der Waals surface area contributed by atoms with Crippen LogP contribution in [0.3, 0.4) is 0 Å². The molecule has 1 heterocycles. The van der Waals surface area contributed by atoms with Crippen LogP contribution in [0.2, 0.25) is 0 Å². The predicted molar refractivity (Wildman–Crippen MR) is 37.6 cm³/mol. The zero-order valence-electron chi connectivity index (χ0n) is 5.85. The molecule has 0 aliphatic heterocycles. The summed E-state index contributed by atoms with van der Waals surface area (Å²) in [4.78, 5) is 0. The lowest BCUT2D eigenvalue weighted by Crippen LogP contribution is -2.07. The van der Waals surface area contributed by atoms with Crippen LogP contribution in [0, 0.1) is 0 Å². The molecule has 0 atom stereocenters. The highest BCUT2D eigenvalue weighted by Crippen LogP contribution is 2.37. The fourth-order valence-corrected chi connectivity index (χ4v) is 1.23. The van der Waals surface area contributed by atoms with Crippen molar-refractivity contribution < 1.29 is 18.3 Å². The summed E-state index contributed by atoms with van der Waals surface area (Å²) in [6, 6.07) is 0. The van der Waals surface area contributed by atoms with Gasteiger partial charge in [0.1, 0.15) is 4.47 Å². The first-order valence-corrected chi connectivity index (χ1v) is 3.62. The second kappa shape index (κ2) is 2.65. The molecule has 7 heteroatoms. The molecular formula is C5H4BrF3N2O. The molecule has 0 unspecified atom stereocenters. The van der Waals surface area contributed by atoms with Crippen molar-refractivity contribution in [3.63, 3.8) is 0 Å². The molecule has 12 heavy (non-hydrogen) atoms. The maximum atomic E-state index is 12.0. The minimum atomic E-state index is -4.54. The maximum Gasteiger partial charge on any atom is 0.436 e. The molecule has 1 rings (SSSR count). The summed E-state index contributed by atoms with van der Waals surface area (Å²) in [5.41, 5.74) is -1.12. The second-order valence-electron chi connectivity index (χ2n) is 2.11. The Bertz CT molecular complexity index is 306. The highest BCUT2D eigenvalue weighted by Gasteiger charge is 2.38. The second-order valence-corrected chi connectivity index (χ2v) is 2.90. The zero-order chi connectivity index (χ0) is 9.52. The Morgan fingerprint density at radius 3 is 2.17 bits per heavy atom. The van der Waals surface area contributed by atoms with Crippen LogP contribution in [-0.2, 0) is 13.2 Å². The summed E-state index contributed by atoms with van der Waals surface area (Å²) in [7, 11) is 1.22. The Kier molecular flexibility index (Phi) is 2.07. The van der Waals surface area contributed by atoms with E-state index in [1.165, 1.54) is 7.05 Å². The molecule has 0 fully saturated rings. The molecule has 0 bridgehead atoms. The molecule has 0 saturated carbocycles. The number of aryl methyl sites for hydroxylation is 1. The first-order valence-electron chi connectivity index (χ1n) is 2.82. The van der Waals surface area contributed by atoms with Gasteiger partial charge in [-0.1, -0.05) is 0 Å². The van der Waals surface area contributed by atoms with E-state index in [1.807, 2.05) is 0 Å². The van der Waals surface area contributed by atoms with Gasteiger partial charge in [-0.15, -0.1) is 0 Å². The van der Waals surface area contributed by atoms with Crippen molar-refractivity contribution >= 4 is 15.9 Å². The number of hydrogen-bond acceptors (Lipinski definition) is 2. The molecule has 0 aliphatic rings. The summed E-state index contributed by atoms with van der Waals surface area (Å²) < 4.78 is 36.4. The van der Waals surface area contributed by atoms with E-state index in [0.717, 1.165) is 4.68 Å². The molecular weight excluding hydrogens is 241 g/mol. The van der Waals surface area contributed by atoms with Gasteiger partial charge in [-0.05, 0) is 15.9 Å². The molecule has 1 aromatic rings. The van der Waals surface area contributed by atoms with Crippen molar-refractivity contribution in [1.29, 1.82) is 0 Å². The predicted octanol–water partition coefficient (Wildman–Crippen LogP) is 1.91. The van der Waals surface area contributed by atoms with Crippen LogP contribution in [0.1, 0.15) is 5.69 Å². The van der Waals surface area contributed by atoms with Gasteiger partial charge in [0, 0.05) is 7.05 Å². The van der Waals surface area contributed by atoms with E-state index < -0.39 is 22.2 Å². The lowest BCUT2D eigenvalue weighted by Gasteiger charge is -2.00. The smallest absolute Gasteiger partial charge is 0.436 e. The van der Waals surface area contributed by atoms with Gasteiger partial charge in [0.15, 0.2) is 5.69 Å². The number of aromatic nitrogens is 2. The highest BCUT2D eigenvalue weighted by molar-refractivity contribution is 9.10. The van der Waals surface area contributed by atoms with Gasteiger partial charge in [-0.3, -0.25) is 0 Å². The zero-order valence-corrected chi connectivity index (χ0v) is 7.44. The SMILES string of the molecule is Cn1nc(C(F)(F)F)c(Br)c1O. The van der Waals surface area contributed by atoms with Crippen LogP contribution in [-0.4, -0.2) is 14.9 Å². The van der Waals surface area contributed by atoms with Crippen LogP contribution in [0.4, 0.5) is 13.2 Å². The average molecular weight is 245 g/mol. The molecule has 0 radical (unpaired) electrons. The van der Waals surface area contributed by atoms with Gasteiger partial charge in [0.25, 0.3) is 0 Å². The van der Waals surface area contributed by atoms with E-state index in [9.17, 15) is 13.2 Å². The molecule has 68 valence electrons. The van der Waals surface area contributed by atoms with E-state index in [4.69, 9.17) is 5.11 Å². The molecule has 0 saturated heterocycles. The Morgan fingerprint density at radius 2 is 2.00 bits per heavy atom. The highest BCUT2D eigenvalue weighted by atomic mass is 79.9. The Hall–Kier alpha value is -0.720. The van der Waals surface area contributed by atoms with Gasteiger partial charge in [-0.2, -0.15) is 18.3 Å². The van der Waals surface area contributed by atoms with Crippen molar-refractivity contribution in [3.8, 4) is 5.88 Å². The van der Waals surface area contributed by atoms with E-state index in [1.54, 1.807) is 0 Å². The van der Waals surface area contributed by atoms with Gasteiger partial charge in [0.05, 0.1) is 0 Å². The number of halogens is 4. The molecule has 1 N–H and O–H groups in total. The Morgan fingerprint density at radius 1 is 1.50 bits per heavy atom. The Balaban J connectivity index is 3.28. The molecule has 0 spiro atoms. The minimum Gasteiger partial charge on any atom is -0.493 e. The lowest BCUT2D eigenvalue weighted by molar-refractivity contribution is -0.142. The summed E-state index contributed by atoms with van der Waals surface area (Å²) in [5, 5.41) is 12.0. The first kappa shape index (κ1) is 9.37. The fourth-order valence-electron chi connectivity index (χ4n) is 0.670. The third-order valence-corrected chi connectivity index (χ3v) is 1.96. The maximum absolute atomic E-state index is 12.0. The van der Waals surface area contributed by atoms with Crippen molar-refractivity contribution in [2.24, 2.45) is 7.05 Å². The van der Waals surface area contributed by atoms with Crippen molar-refractivity contribution in [3.05, 3.63) is 10.2 Å². The van der Waals surface area contributed by atoms with Gasteiger partial charge in [-0.25, -0.2) is 4.68 Å². The summed E-state index contributed by atoms with van der Waals surface area (Å²) in [6.45, 7) is 0. The minimum absolute atomic E-state index is 0.433. The molecule has 0 aromatic carbocycles. The third kappa shape index (κ3) is 1.40. The molecule has 0 amide bonds. The number of aromatic hydroxyl groups is 1. The lowest BCUT2D eigenvalue weighted by atomic mass is 10.4. The fraction of sp³-hybridized carbons (Fsp3) is 0.400. The topological polar surface area (TPSA) is 38.0 Å². The average Bonchev–Trinajstić information content (AvgIpc) is 2.15. The van der Waals surface area contributed by atoms with E-state index in [-0.39, 0.29) is 0 Å². The van der Waals surface area contributed by atoms with Crippen molar-refractivity contribution in [2.75, 3.05) is 0 Å². The van der Waals surface area contributed by atoms with Gasteiger partial charge < -0.3 is 5.11 Å². The standard InChI is InChI=1S/C5H4BrF3N2O/c1-11-4(12)2(6)3(10-11)5(7,8)9/h12H,1H3. The summed E-state index contributed by atoms with van der Waals surface area (Å²) in [5.74, 6) is -0.540. The van der Waals surface area contributed by atoms with Crippen LogP contribution in [0.15, 0.2) is 4.47 Å². The Labute approximate surface area is 73.9 Å². The summed E-state index contributed by atoms with van der Waals surface area (Å²) in [6.07, 6.45) is -4.54. The third-order valence-electron chi connectivity index (χ3n) is 1.23. The quantitative estimate of drug-likeness (QED) is 0.758. The molecule has 0 aliphatic carbocycles. The van der Waals surface area contributed by atoms with Crippen LogP contribution in [0.25, 0.3) is 0 Å². The number of rotatable bonds is 0. The largest absolute Gasteiger partial charge is 0.493 e.